The highest BCUT2D eigenvalue weighted by Gasteiger charge is 2.18. The number of hydrogen-bond acceptors (Lipinski definition) is 5. The molecule has 1 aromatic heterocycles. The molecule has 0 amide bonds. The maximum atomic E-state index is 13.3. The molecule has 46 heavy (non-hydrogen) atoms. The Balaban J connectivity index is 2.01. The number of allylic oxidation sites excluding steroid dienone is 1. The van der Waals surface area contributed by atoms with Gasteiger partial charge in [-0.05, 0) is 130 Å². The normalized spacial score (nSPS) is 7.72. The van der Waals surface area contributed by atoms with Gasteiger partial charge in [-0.15, -0.1) is 0 Å². The number of ether oxygens (including phenoxy) is 2. The molecule has 5 nitrogen and oxygen atoms in total. The summed E-state index contributed by atoms with van der Waals surface area (Å²) >= 11 is 0. The second-order valence-electron chi connectivity index (χ2n) is 8.15. The van der Waals surface area contributed by atoms with Crippen LogP contribution in [0.25, 0.3) is 16.5 Å². The Kier molecular flexibility index (Phi) is 12.8. The van der Waals surface area contributed by atoms with Crippen LogP contribution in [0.3, 0.4) is 0 Å². The molecule has 3 aromatic rings. The molecule has 5 heteroatoms. The highest BCUT2D eigenvalue weighted by Crippen LogP contribution is 2.31. The van der Waals surface area contributed by atoms with Crippen molar-refractivity contribution in [2.75, 3.05) is 14.2 Å². The predicted octanol–water partition coefficient (Wildman–Crippen LogP) is 5.34. The molecule has 0 aliphatic carbocycles. The summed E-state index contributed by atoms with van der Waals surface area (Å²) in [6, 6.07) is 11.0. The molecular weight excluding hydrogens is 572 g/mol. The molecule has 0 aliphatic rings. The van der Waals surface area contributed by atoms with E-state index in [-0.39, 0.29) is 16.7 Å². The van der Waals surface area contributed by atoms with E-state index >= 15 is 0 Å². The molecule has 0 saturated heterocycles. The lowest BCUT2D eigenvalue weighted by atomic mass is 10.00. The van der Waals surface area contributed by atoms with E-state index in [1.807, 2.05) is 0 Å². The van der Waals surface area contributed by atoms with Crippen LogP contribution in [0.15, 0.2) is 104 Å². The number of rotatable bonds is 5. The summed E-state index contributed by atoms with van der Waals surface area (Å²) < 4.78 is 16.0. The van der Waals surface area contributed by atoms with Gasteiger partial charge < -0.3 is 13.9 Å². The standard InChI is InChI=1S/C41H18O5/c1-5-7-9-11-13-14-15-16-18-20-22-24-32(23-21-19-17-12-10-8-6-2)33-25-27-34(28-26-33)40(42)37-31-36-38(45-4)29-35(44-3)30-39(36)46-41(37)43/h25-31H,2H2,1,3-4H3. The van der Waals surface area contributed by atoms with Gasteiger partial charge in [0.1, 0.15) is 22.6 Å². The summed E-state index contributed by atoms with van der Waals surface area (Å²) in [5, 5.41) is 0.446. The molecule has 1 heterocycles. The molecule has 0 spiro atoms. The molecule has 0 bridgehead atoms. The Morgan fingerprint density at radius 2 is 1.30 bits per heavy atom. The van der Waals surface area contributed by atoms with Gasteiger partial charge in [0, 0.05) is 17.7 Å². The minimum Gasteiger partial charge on any atom is -0.496 e. The van der Waals surface area contributed by atoms with Crippen molar-refractivity contribution in [1.29, 1.82) is 0 Å². The van der Waals surface area contributed by atoms with E-state index in [1.165, 1.54) is 20.3 Å². The first-order chi connectivity index (χ1) is 22.5. The van der Waals surface area contributed by atoms with Gasteiger partial charge in [-0.25, -0.2) is 4.79 Å². The number of ketones is 1. The zero-order valence-electron chi connectivity index (χ0n) is 24.8. The van der Waals surface area contributed by atoms with E-state index in [0.29, 0.717) is 28.0 Å². The van der Waals surface area contributed by atoms with Gasteiger partial charge in [0.15, 0.2) is 5.78 Å². The summed E-state index contributed by atoms with van der Waals surface area (Å²) in [5.74, 6) is 31.5. The lowest BCUT2D eigenvalue weighted by Gasteiger charge is -2.09. The molecule has 212 valence electrons. The Bertz CT molecular complexity index is 2510. The summed E-state index contributed by atoms with van der Waals surface area (Å²) in [4.78, 5) is 26.1. The zero-order chi connectivity index (χ0) is 33.0. The van der Waals surface area contributed by atoms with Crippen LogP contribution in [-0.2, 0) is 0 Å². The van der Waals surface area contributed by atoms with Gasteiger partial charge in [0.05, 0.1) is 25.2 Å². The van der Waals surface area contributed by atoms with Gasteiger partial charge >= 0.3 is 5.63 Å². The molecule has 0 unspecified atom stereocenters. The average molecular weight is 591 g/mol. The maximum Gasteiger partial charge on any atom is 0.347 e. The number of carbonyl (C=O) groups excluding carboxylic acids is 1. The molecule has 0 atom stereocenters. The molecular formula is C41H18O5. The maximum absolute atomic E-state index is 13.3. The first kappa shape index (κ1) is 32.8. The highest BCUT2D eigenvalue weighted by molar-refractivity contribution is 6.10. The van der Waals surface area contributed by atoms with E-state index in [9.17, 15) is 9.59 Å². The van der Waals surface area contributed by atoms with E-state index < -0.39 is 11.4 Å². The van der Waals surface area contributed by atoms with E-state index in [4.69, 9.17) is 13.9 Å². The first-order valence-corrected chi connectivity index (χ1v) is 12.9. The van der Waals surface area contributed by atoms with Crippen molar-refractivity contribution in [2.45, 2.75) is 6.92 Å². The Morgan fingerprint density at radius 1 is 0.717 bits per heavy atom. The summed E-state index contributed by atoms with van der Waals surface area (Å²) in [6.07, 6.45) is 0. The summed E-state index contributed by atoms with van der Waals surface area (Å²) in [5.41, 5.74) is 21.1. The lowest BCUT2D eigenvalue weighted by molar-refractivity contribution is 0.103. The van der Waals surface area contributed by atoms with Crippen molar-refractivity contribution in [2.24, 2.45) is 0 Å². The average Bonchev–Trinajstić information content (AvgIpc) is 3.08. The predicted molar refractivity (Wildman–Crippen MR) is 175 cm³/mol. The molecule has 0 N–H and O–H groups in total. The molecule has 2 aromatic carbocycles. The topological polar surface area (TPSA) is 65.7 Å². The second kappa shape index (κ2) is 17.9. The minimum absolute atomic E-state index is 0.157. The monoisotopic (exact) mass is 590 g/mol. The lowest BCUT2D eigenvalue weighted by Crippen LogP contribution is -2.15. The van der Waals surface area contributed by atoms with Crippen molar-refractivity contribution >= 4 is 22.3 Å². The third-order valence-electron chi connectivity index (χ3n) is 5.39. The van der Waals surface area contributed by atoms with Crippen LogP contribution < -0.4 is 15.1 Å². The van der Waals surface area contributed by atoms with Crippen molar-refractivity contribution < 1.29 is 18.7 Å². The minimum atomic E-state index is -0.796. The Hall–Kier alpha value is -7.74. The molecule has 3 rings (SSSR count). The van der Waals surface area contributed by atoms with Crippen LogP contribution in [0.4, 0.5) is 0 Å². The number of methoxy groups -OCH3 is 2. The summed E-state index contributed by atoms with van der Waals surface area (Å²) in [7, 11) is 2.95. The second-order valence-corrected chi connectivity index (χ2v) is 8.15. The third-order valence-corrected chi connectivity index (χ3v) is 5.39. The van der Waals surface area contributed by atoms with Crippen LogP contribution in [0.2, 0.25) is 0 Å². The van der Waals surface area contributed by atoms with Crippen LogP contribution in [0.5, 0.6) is 11.5 Å². The van der Waals surface area contributed by atoms with Crippen LogP contribution in [-0.4, -0.2) is 20.0 Å². The van der Waals surface area contributed by atoms with Crippen LogP contribution in [0.1, 0.15) is 28.4 Å². The van der Waals surface area contributed by atoms with Gasteiger partial charge in [-0.3, -0.25) is 4.79 Å². The van der Waals surface area contributed by atoms with Gasteiger partial charge in [0.2, 0.25) is 0 Å². The van der Waals surface area contributed by atoms with Gasteiger partial charge in [0.25, 0.3) is 0 Å². The van der Waals surface area contributed by atoms with Crippen LogP contribution >= 0.6 is 0 Å². The molecule has 0 aliphatic heterocycles. The van der Waals surface area contributed by atoms with Gasteiger partial charge in [-0.2, -0.15) is 0 Å². The van der Waals surface area contributed by atoms with Crippen molar-refractivity contribution in [3.8, 4) is 82.5 Å². The molecule has 0 fully saturated rings. The van der Waals surface area contributed by atoms with E-state index in [2.05, 4.69) is 123 Å². The Morgan fingerprint density at radius 3 is 1.91 bits per heavy atom. The molecule has 0 radical (unpaired) electrons. The fourth-order valence-corrected chi connectivity index (χ4v) is 3.40. The third kappa shape index (κ3) is 9.68. The zero-order valence-corrected chi connectivity index (χ0v) is 24.8. The quantitative estimate of drug-likeness (QED) is 0.174. The van der Waals surface area contributed by atoms with Gasteiger partial charge in [-0.1, -0.05) is 35.9 Å². The molecule has 0 saturated carbocycles. The number of benzene rings is 2. The first-order valence-electron chi connectivity index (χ1n) is 12.9. The fraction of sp³-hybridized carbons (Fsp3) is 0.0732. The SMILES string of the molecule is C=C=C=C=C=C=C=C=C=C(C#CC#CC#CC#CC#CC#CC)c1ccc(C(=O)c2cc3c(OC)cc(OC)cc3oc2=O)cc1. The van der Waals surface area contributed by atoms with Crippen LogP contribution in [0, 0.1) is 71.0 Å². The summed E-state index contributed by atoms with van der Waals surface area (Å²) in [6.45, 7) is 5.04. The number of carbonyl (C=O) groups is 1. The van der Waals surface area contributed by atoms with E-state index in [0.717, 1.165) is 0 Å². The van der Waals surface area contributed by atoms with Crippen molar-refractivity contribution in [3.05, 3.63) is 122 Å². The van der Waals surface area contributed by atoms with Crippen molar-refractivity contribution in [3.63, 3.8) is 0 Å². The highest BCUT2D eigenvalue weighted by atomic mass is 16.5. The number of fused-ring (bicyclic) bond motifs is 1. The largest absolute Gasteiger partial charge is 0.496 e. The van der Waals surface area contributed by atoms with Crippen molar-refractivity contribution in [1.82, 2.24) is 0 Å². The smallest absolute Gasteiger partial charge is 0.347 e. The fourth-order valence-electron chi connectivity index (χ4n) is 3.40. The van der Waals surface area contributed by atoms with E-state index in [1.54, 1.807) is 43.3 Å². The number of hydrogen-bond donors (Lipinski definition) is 0. The Labute approximate surface area is 266 Å².